The number of hydrogen-bond acceptors (Lipinski definition) is 4. The molecule has 2 heterocycles. The number of rotatable bonds is 14. The van der Waals surface area contributed by atoms with Crippen molar-refractivity contribution in [2.75, 3.05) is 0 Å². The summed E-state index contributed by atoms with van der Waals surface area (Å²) in [5.74, 6) is 0. The molecule has 0 atom stereocenters. The molecule has 4 aromatic carbocycles. The number of benzene rings is 4. The lowest BCUT2D eigenvalue weighted by molar-refractivity contribution is 0.596. The summed E-state index contributed by atoms with van der Waals surface area (Å²) in [6.45, 7) is 8.80. The first-order chi connectivity index (χ1) is 23.6. The maximum absolute atomic E-state index is 15.8. The predicted molar refractivity (Wildman–Crippen MR) is 229 cm³/mol. The predicted octanol–water partition coefficient (Wildman–Crippen LogP) is 15.7. The van der Waals surface area contributed by atoms with Gasteiger partial charge >= 0.3 is 0 Å². The van der Waals surface area contributed by atoms with Crippen LogP contribution in [-0.2, 0) is 35.5 Å². The number of thiophene rings is 2. The molecule has 0 saturated heterocycles. The smallest absolute Gasteiger partial charge is 0.210 e. The number of fused-ring (bicyclic) bond motifs is 6. The van der Waals surface area contributed by atoms with Gasteiger partial charge in [0.05, 0.1) is 9.79 Å². The zero-order valence-electron chi connectivity index (χ0n) is 28.5. The molecular formula is C40H42Br4O2S3. The van der Waals surface area contributed by atoms with Crippen molar-refractivity contribution in [1.82, 2.24) is 0 Å². The van der Waals surface area contributed by atoms with E-state index in [2.05, 4.69) is 128 Å². The van der Waals surface area contributed by atoms with Crippen LogP contribution in [0.1, 0.15) is 101 Å². The van der Waals surface area contributed by atoms with E-state index in [1.807, 2.05) is 0 Å². The van der Waals surface area contributed by atoms with Crippen molar-refractivity contribution in [3.05, 3.63) is 76.5 Å². The van der Waals surface area contributed by atoms with Crippen LogP contribution >= 0.6 is 86.4 Å². The maximum Gasteiger partial charge on any atom is 0.210 e. The molecule has 2 aromatic heterocycles. The highest BCUT2D eigenvalue weighted by Crippen LogP contribution is 2.51. The van der Waals surface area contributed by atoms with E-state index in [9.17, 15) is 0 Å². The van der Waals surface area contributed by atoms with Gasteiger partial charge in [-0.25, -0.2) is 8.42 Å². The Hall–Kier alpha value is -0.810. The quantitative estimate of drug-likeness (QED) is 0.109. The molecule has 0 aliphatic heterocycles. The second-order valence-electron chi connectivity index (χ2n) is 13.0. The Morgan fingerprint density at radius 1 is 0.551 bits per heavy atom. The lowest BCUT2D eigenvalue weighted by Crippen LogP contribution is -2.08. The Morgan fingerprint density at radius 2 is 0.918 bits per heavy atom. The summed E-state index contributed by atoms with van der Waals surface area (Å²) in [4.78, 5) is 0.812. The molecule has 0 saturated carbocycles. The molecule has 0 aliphatic rings. The first-order valence-electron chi connectivity index (χ1n) is 17.5. The minimum Gasteiger partial charge on any atom is -0.218 e. The fourth-order valence-electron chi connectivity index (χ4n) is 6.93. The van der Waals surface area contributed by atoms with Gasteiger partial charge in [-0.2, -0.15) is 0 Å². The van der Waals surface area contributed by atoms with Crippen LogP contribution in [0.15, 0.2) is 64.1 Å². The Kier molecular flexibility index (Phi) is 12.4. The van der Waals surface area contributed by atoms with E-state index >= 15 is 8.42 Å². The summed E-state index contributed by atoms with van der Waals surface area (Å²) in [5.41, 5.74) is 4.66. The number of halogens is 4. The topological polar surface area (TPSA) is 34.1 Å². The van der Waals surface area contributed by atoms with E-state index < -0.39 is 9.84 Å². The Balaban J connectivity index is 1.75. The normalized spacial score (nSPS) is 12.4. The third-order valence-corrected chi connectivity index (χ3v) is 17.7. The average Bonchev–Trinajstić information content (AvgIpc) is 3.62. The van der Waals surface area contributed by atoms with Crippen molar-refractivity contribution in [3.8, 4) is 0 Å². The van der Waals surface area contributed by atoms with Gasteiger partial charge in [0.2, 0.25) is 9.84 Å². The summed E-state index contributed by atoms with van der Waals surface area (Å²) >= 11 is 19.1. The van der Waals surface area contributed by atoms with Gasteiger partial charge in [-0.05, 0) is 130 Å². The molecule has 0 amide bonds. The van der Waals surface area contributed by atoms with Crippen LogP contribution in [0.3, 0.4) is 0 Å². The SMILES string of the molecule is CCCCc1cc2sc3c(CCCC)c(Br)ccc3c2c(S(=O)(=O)c2c(Br)c(CCCC)cc3sc4c(CCCC)c(Br)ccc4c23)c1Br. The number of aryl methyl sites for hydroxylation is 4. The summed E-state index contributed by atoms with van der Waals surface area (Å²) in [6, 6.07) is 12.9. The molecule has 0 unspecified atom stereocenters. The zero-order chi connectivity index (χ0) is 35.0. The van der Waals surface area contributed by atoms with Crippen LogP contribution in [0.2, 0.25) is 0 Å². The highest BCUT2D eigenvalue weighted by atomic mass is 79.9. The number of unbranched alkanes of at least 4 members (excludes halogenated alkanes) is 4. The lowest BCUT2D eigenvalue weighted by atomic mass is 10.0. The van der Waals surface area contributed by atoms with Gasteiger partial charge in [0.15, 0.2) is 0 Å². The van der Waals surface area contributed by atoms with Crippen LogP contribution < -0.4 is 0 Å². The van der Waals surface area contributed by atoms with Crippen molar-refractivity contribution < 1.29 is 8.42 Å². The molecule has 6 rings (SSSR count). The first kappa shape index (κ1) is 37.9. The van der Waals surface area contributed by atoms with Crippen molar-refractivity contribution in [2.24, 2.45) is 0 Å². The monoisotopic (exact) mass is 966 g/mol. The van der Waals surface area contributed by atoms with Crippen molar-refractivity contribution in [3.63, 3.8) is 0 Å². The number of hydrogen-bond donors (Lipinski definition) is 0. The molecule has 2 nitrogen and oxygen atoms in total. The van der Waals surface area contributed by atoms with E-state index in [-0.39, 0.29) is 0 Å². The van der Waals surface area contributed by atoms with Gasteiger partial charge < -0.3 is 0 Å². The molecule has 9 heteroatoms. The lowest BCUT2D eigenvalue weighted by Gasteiger charge is -2.17. The first-order valence-corrected chi connectivity index (χ1v) is 23.8. The fraction of sp³-hybridized carbons (Fsp3) is 0.400. The van der Waals surface area contributed by atoms with Gasteiger partial charge in [-0.1, -0.05) is 97.4 Å². The van der Waals surface area contributed by atoms with Gasteiger partial charge in [0, 0.05) is 58.2 Å². The van der Waals surface area contributed by atoms with E-state index in [4.69, 9.17) is 0 Å². The molecule has 260 valence electrons. The summed E-state index contributed by atoms with van der Waals surface area (Å²) in [5, 5.41) is 3.71. The fourth-order valence-corrected chi connectivity index (χ4v) is 15.3. The third kappa shape index (κ3) is 7.02. The van der Waals surface area contributed by atoms with Gasteiger partial charge in [-0.3, -0.25) is 0 Å². The molecule has 0 bridgehead atoms. The summed E-state index contributed by atoms with van der Waals surface area (Å²) < 4.78 is 39.7. The minimum atomic E-state index is -4.06. The highest BCUT2D eigenvalue weighted by molar-refractivity contribution is 9.11. The molecular weight excluding hydrogens is 928 g/mol. The minimum absolute atomic E-state index is 0.406. The van der Waals surface area contributed by atoms with Gasteiger partial charge in [0.25, 0.3) is 0 Å². The molecule has 0 radical (unpaired) electrons. The molecule has 0 aliphatic carbocycles. The molecule has 0 N–H and O–H groups in total. The van der Waals surface area contributed by atoms with Crippen LogP contribution in [0.25, 0.3) is 40.3 Å². The van der Waals surface area contributed by atoms with E-state index in [0.717, 1.165) is 128 Å². The Labute approximate surface area is 332 Å². The van der Waals surface area contributed by atoms with E-state index in [0.29, 0.717) is 18.7 Å². The maximum atomic E-state index is 15.8. The van der Waals surface area contributed by atoms with Gasteiger partial charge in [0.1, 0.15) is 0 Å². The largest absolute Gasteiger partial charge is 0.218 e. The highest BCUT2D eigenvalue weighted by Gasteiger charge is 2.34. The Bertz CT molecular complexity index is 2140. The van der Waals surface area contributed by atoms with Crippen LogP contribution in [0.4, 0.5) is 0 Å². The van der Waals surface area contributed by atoms with Crippen molar-refractivity contribution >= 4 is 137 Å². The molecule has 6 aromatic rings. The van der Waals surface area contributed by atoms with Gasteiger partial charge in [-0.15, -0.1) is 22.7 Å². The molecule has 0 fully saturated rings. The number of sulfone groups is 1. The van der Waals surface area contributed by atoms with Crippen LogP contribution in [0.5, 0.6) is 0 Å². The standard InChI is InChI=1S/C40H42Br4O2S3/c1-5-9-13-23-21-31-33(27-17-19-29(41)25(15-11-7-3)37(27)47-31)39(35(23)43)49(45,46)40-34-28-18-20-30(42)26(16-12-8-4)38(28)48-32(34)22-24(36(40)44)14-10-6-2/h17-22H,5-16H2,1-4H3. The second kappa shape index (κ2) is 16.1. The van der Waals surface area contributed by atoms with Crippen LogP contribution in [0, 0.1) is 0 Å². The molecule has 0 spiro atoms. The van der Waals surface area contributed by atoms with Crippen molar-refractivity contribution in [2.45, 2.75) is 115 Å². The van der Waals surface area contributed by atoms with Crippen LogP contribution in [-0.4, -0.2) is 8.42 Å². The van der Waals surface area contributed by atoms with E-state index in [1.165, 1.54) is 20.5 Å². The zero-order valence-corrected chi connectivity index (χ0v) is 37.3. The second-order valence-corrected chi connectivity index (χ2v) is 20.3. The Morgan fingerprint density at radius 3 is 1.29 bits per heavy atom. The van der Waals surface area contributed by atoms with E-state index in [1.54, 1.807) is 22.7 Å². The third-order valence-electron chi connectivity index (χ3n) is 9.59. The average molecular weight is 971 g/mol. The molecule has 49 heavy (non-hydrogen) atoms. The van der Waals surface area contributed by atoms with Crippen molar-refractivity contribution in [1.29, 1.82) is 0 Å². The summed E-state index contributed by atoms with van der Waals surface area (Å²) in [7, 11) is -4.06. The summed E-state index contributed by atoms with van der Waals surface area (Å²) in [6.07, 6.45) is 12.0.